The molecule has 1 rings (SSSR count). The number of carbonyl (C=O) groups excluding carboxylic acids is 1. The van der Waals surface area contributed by atoms with Crippen LogP contribution in [0.15, 0.2) is 12.7 Å². The number of rotatable bonds is 8. The van der Waals surface area contributed by atoms with Gasteiger partial charge in [0.25, 0.3) is 0 Å². The van der Waals surface area contributed by atoms with Crippen LogP contribution in [0.3, 0.4) is 0 Å². The SMILES string of the molecule is C=CCCC[C@H](NC(=O)CC1CCCC1)C(=O)O. The first-order chi connectivity index (χ1) is 8.63. The molecule has 18 heavy (non-hydrogen) atoms. The maximum Gasteiger partial charge on any atom is 0.326 e. The highest BCUT2D eigenvalue weighted by Crippen LogP contribution is 2.27. The van der Waals surface area contributed by atoms with Crippen LogP contribution in [0, 0.1) is 5.92 Å². The molecule has 0 spiro atoms. The summed E-state index contributed by atoms with van der Waals surface area (Å²) >= 11 is 0. The van der Waals surface area contributed by atoms with Crippen molar-refractivity contribution in [2.45, 2.75) is 57.4 Å². The van der Waals surface area contributed by atoms with E-state index in [4.69, 9.17) is 5.11 Å². The minimum absolute atomic E-state index is 0.118. The number of carboxylic acids is 1. The largest absolute Gasteiger partial charge is 0.480 e. The number of hydrogen-bond donors (Lipinski definition) is 2. The number of carbonyl (C=O) groups is 2. The Labute approximate surface area is 108 Å². The Bertz CT molecular complexity index is 295. The molecule has 0 aliphatic heterocycles. The lowest BCUT2D eigenvalue weighted by Crippen LogP contribution is -2.41. The van der Waals surface area contributed by atoms with E-state index in [0.29, 0.717) is 18.8 Å². The molecule has 2 N–H and O–H groups in total. The molecule has 0 aromatic heterocycles. The second-order valence-corrected chi connectivity index (χ2v) is 5.03. The summed E-state index contributed by atoms with van der Waals surface area (Å²) in [6.07, 6.45) is 8.82. The highest BCUT2D eigenvalue weighted by Gasteiger charge is 2.23. The quantitative estimate of drug-likeness (QED) is 0.516. The number of nitrogens with one attached hydrogen (secondary N) is 1. The molecule has 0 radical (unpaired) electrons. The Morgan fingerprint density at radius 3 is 2.61 bits per heavy atom. The second-order valence-electron chi connectivity index (χ2n) is 5.03. The average Bonchev–Trinajstić information content (AvgIpc) is 2.80. The Balaban J connectivity index is 2.31. The van der Waals surface area contributed by atoms with Gasteiger partial charge in [0.15, 0.2) is 0 Å². The standard InChI is InChI=1S/C14H23NO3/c1-2-3-4-9-12(14(17)18)15-13(16)10-11-7-5-6-8-11/h2,11-12H,1,3-10H2,(H,15,16)(H,17,18)/t12-/m0/s1. The van der Waals surface area contributed by atoms with Crippen molar-refractivity contribution in [3.8, 4) is 0 Å². The minimum Gasteiger partial charge on any atom is -0.480 e. The Kier molecular flexibility index (Phi) is 6.47. The minimum atomic E-state index is -0.946. The number of unbranched alkanes of at least 4 members (excludes halogenated alkanes) is 1. The highest BCUT2D eigenvalue weighted by molar-refractivity contribution is 5.83. The van der Waals surface area contributed by atoms with Gasteiger partial charge in [-0.3, -0.25) is 4.79 Å². The summed E-state index contributed by atoms with van der Waals surface area (Å²) in [4.78, 5) is 22.8. The molecule has 0 unspecified atom stereocenters. The monoisotopic (exact) mass is 253 g/mol. The zero-order valence-electron chi connectivity index (χ0n) is 10.9. The van der Waals surface area contributed by atoms with Crippen molar-refractivity contribution >= 4 is 11.9 Å². The predicted octanol–water partition coefficient (Wildman–Crippen LogP) is 2.49. The van der Waals surface area contributed by atoms with Gasteiger partial charge in [0.1, 0.15) is 6.04 Å². The molecule has 1 fully saturated rings. The van der Waals surface area contributed by atoms with Crippen molar-refractivity contribution in [3.63, 3.8) is 0 Å². The predicted molar refractivity (Wildman–Crippen MR) is 70.2 cm³/mol. The summed E-state index contributed by atoms with van der Waals surface area (Å²) in [5.41, 5.74) is 0. The van der Waals surface area contributed by atoms with Gasteiger partial charge in [-0.1, -0.05) is 18.9 Å². The maximum atomic E-state index is 11.8. The average molecular weight is 253 g/mol. The molecule has 1 atom stereocenters. The number of aliphatic carboxylic acids is 1. The van der Waals surface area contributed by atoms with Crippen LogP contribution in [0.5, 0.6) is 0 Å². The lowest BCUT2D eigenvalue weighted by Gasteiger charge is -2.15. The van der Waals surface area contributed by atoms with Gasteiger partial charge in [-0.05, 0) is 38.0 Å². The molecule has 1 aliphatic carbocycles. The van der Waals surface area contributed by atoms with Gasteiger partial charge in [0.05, 0.1) is 0 Å². The summed E-state index contributed by atoms with van der Waals surface area (Å²) in [7, 11) is 0. The lowest BCUT2D eigenvalue weighted by atomic mass is 10.0. The first kappa shape index (κ1) is 14.7. The number of carboxylic acid groups (broad SMARTS) is 1. The van der Waals surface area contributed by atoms with Crippen LogP contribution >= 0.6 is 0 Å². The third-order valence-electron chi connectivity index (χ3n) is 3.48. The van der Waals surface area contributed by atoms with E-state index in [9.17, 15) is 9.59 Å². The third-order valence-corrected chi connectivity index (χ3v) is 3.48. The molecule has 4 nitrogen and oxygen atoms in total. The van der Waals surface area contributed by atoms with Crippen molar-refractivity contribution in [2.75, 3.05) is 0 Å². The summed E-state index contributed by atoms with van der Waals surface area (Å²) in [6.45, 7) is 3.60. The van der Waals surface area contributed by atoms with Crippen molar-refractivity contribution in [3.05, 3.63) is 12.7 Å². The highest BCUT2D eigenvalue weighted by atomic mass is 16.4. The Morgan fingerprint density at radius 1 is 1.39 bits per heavy atom. The van der Waals surface area contributed by atoms with E-state index >= 15 is 0 Å². The smallest absolute Gasteiger partial charge is 0.326 e. The summed E-state index contributed by atoms with van der Waals surface area (Å²) in [5.74, 6) is -0.612. The first-order valence-corrected chi connectivity index (χ1v) is 6.76. The van der Waals surface area contributed by atoms with E-state index in [-0.39, 0.29) is 5.91 Å². The zero-order chi connectivity index (χ0) is 13.4. The van der Waals surface area contributed by atoms with Gasteiger partial charge >= 0.3 is 5.97 Å². The maximum absolute atomic E-state index is 11.8. The zero-order valence-corrected chi connectivity index (χ0v) is 10.9. The molecule has 0 bridgehead atoms. The van der Waals surface area contributed by atoms with Crippen LogP contribution in [-0.4, -0.2) is 23.0 Å². The summed E-state index contributed by atoms with van der Waals surface area (Å²) < 4.78 is 0. The van der Waals surface area contributed by atoms with Gasteiger partial charge in [-0.2, -0.15) is 0 Å². The molecule has 0 saturated heterocycles. The van der Waals surface area contributed by atoms with Gasteiger partial charge in [-0.15, -0.1) is 6.58 Å². The van der Waals surface area contributed by atoms with Crippen LogP contribution in [0.4, 0.5) is 0 Å². The van der Waals surface area contributed by atoms with Gasteiger partial charge < -0.3 is 10.4 Å². The normalized spacial score (nSPS) is 17.3. The molecule has 1 aliphatic rings. The van der Waals surface area contributed by atoms with E-state index in [1.54, 1.807) is 6.08 Å². The second kappa shape index (κ2) is 7.90. The molecular weight excluding hydrogens is 230 g/mol. The van der Waals surface area contributed by atoms with E-state index in [2.05, 4.69) is 11.9 Å². The number of amides is 1. The molecular formula is C14H23NO3. The third kappa shape index (κ3) is 5.34. The Morgan fingerprint density at radius 2 is 2.06 bits per heavy atom. The molecule has 1 saturated carbocycles. The first-order valence-electron chi connectivity index (χ1n) is 6.76. The number of allylic oxidation sites excluding steroid dienone is 1. The molecule has 1 amide bonds. The molecule has 0 aromatic rings. The van der Waals surface area contributed by atoms with E-state index < -0.39 is 12.0 Å². The molecule has 102 valence electrons. The van der Waals surface area contributed by atoms with E-state index in [1.165, 1.54) is 12.8 Å². The fraction of sp³-hybridized carbons (Fsp3) is 0.714. The fourth-order valence-corrected chi connectivity index (χ4v) is 2.45. The van der Waals surface area contributed by atoms with Crippen LogP contribution < -0.4 is 5.32 Å². The Hall–Kier alpha value is -1.32. The molecule has 0 aromatic carbocycles. The fourth-order valence-electron chi connectivity index (χ4n) is 2.45. The van der Waals surface area contributed by atoms with E-state index in [0.717, 1.165) is 25.7 Å². The van der Waals surface area contributed by atoms with Crippen molar-refractivity contribution in [1.82, 2.24) is 5.32 Å². The van der Waals surface area contributed by atoms with Crippen molar-refractivity contribution < 1.29 is 14.7 Å². The summed E-state index contributed by atoms with van der Waals surface area (Å²) in [5, 5.41) is 11.7. The van der Waals surface area contributed by atoms with Crippen LogP contribution in [0.1, 0.15) is 51.4 Å². The lowest BCUT2D eigenvalue weighted by molar-refractivity contribution is -0.142. The topological polar surface area (TPSA) is 66.4 Å². The van der Waals surface area contributed by atoms with Crippen LogP contribution in [-0.2, 0) is 9.59 Å². The van der Waals surface area contributed by atoms with Gasteiger partial charge in [0, 0.05) is 6.42 Å². The number of hydrogen-bond acceptors (Lipinski definition) is 2. The molecule has 0 heterocycles. The van der Waals surface area contributed by atoms with Crippen molar-refractivity contribution in [1.29, 1.82) is 0 Å². The van der Waals surface area contributed by atoms with Crippen LogP contribution in [0.2, 0.25) is 0 Å². The van der Waals surface area contributed by atoms with E-state index in [1.807, 2.05) is 0 Å². The summed E-state index contributed by atoms with van der Waals surface area (Å²) in [6, 6.07) is -0.751. The van der Waals surface area contributed by atoms with Crippen molar-refractivity contribution in [2.24, 2.45) is 5.92 Å². The van der Waals surface area contributed by atoms with Gasteiger partial charge in [-0.25, -0.2) is 4.79 Å². The van der Waals surface area contributed by atoms with Crippen LogP contribution in [0.25, 0.3) is 0 Å². The molecule has 4 heteroatoms. The van der Waals surface area contributed by atoms with Gasteiger partial charge in [0.2, 0.25) is 5.91 Å².